The van der Waals surface area contributed by atoms with Crippen molar-refractivity contribution in [3.05, 3.63) is 58.6 Å². The lowest BCUT2D eigenvalue weighted by molar-refractivity contribution is 0.0944. The summed E-state index contributed by atoms with van der Waals surface area (Å²) in [7, 11) is 0. The number of amides is 1. The SMILES string of the molecule is CSc1ccccc1C(=O)NCCOc1ccc(C)c(Cl)c1. The monoisotopic (exact) mass is 335 g/mol. The van der Waals surface area contributed by atoms with Crippen LogP contribution in [0.25, 0.3) is 0 Å². The van der Waals surface area contributed by atoms with Crippen molar-refractivity contribution in [3.63, 3.8) is 0 Å². The van der Waals surface area contributed by atoms with Crippen LogP contribution in [0, 0.1) is 6.92 Å². The summed E-state index contributed by atoms with van der Waals surface area (Å²) in [5.74, 6) is 0.616. The van der Waals surface area contributed by atoms with Crippen LogP contribution in [0.3, 0.4) is 0 Å². The molecule has 0 bridgehead atoms. The molecule has 0 unspecified atom stereocenters. The van der Waals surface area contributed by atoms with Crippen molar-refractivity contribution in [2.75, 3.05) is 19.4 Å². The molecule has 5 heteroatoms. The first kappa shape index (κ1) is 16.7. The number of nitrogens with one attached hydrogen (secondary N) is 1. The second-order valence-electron chi connectivity index (χ2n) is 4.72. The second kappa shape index (κ2) is 8.11. The lowest BCUT2D eigenvalue weighted by Gasteiger charge is -2.10. The zero-order valence-corrected chi connectivity index (χ0v) is 14.1. The Morgan fingerprint density at radius 3 is 2.77 bits per heavy atom. The number of benzene rings is 2. The summed E-state index contributed by atoms with van der Waals surface area (Å²) in [6.45, 7) is 2.77. The smallest absolute Gasteiger partial charge is 0.252 e. The Kier molecular flexibility index (Phi) is 6.16. The minimum Gasteiger partial charge on any atom is -0.492 e. The molecule has 0 spiro atoms. The van der Waals surface area contributed by atoms with Gasteiger partial charge in [0.25, 0.3) is 5.91 Å². The predicted octanol–water partition coefficient (Wildman–Crippen LogP) is 4.18. The number of thioether (sulfide) groups is 1. The van der Waals surface area contributed by atoms with E-state index in [0.717, 1.165) is 10.5 Å². The first-order chi connectivity index (χ1) is 10.6. The zero-order valence-electron chi connectivity index (χ0n) is 12.6. The van der Waals surface area contributed by atoms with Crippen LogP contribution in [0.4, 0.5) is 0 Å². The highest BCUT2D eigenvalue weighted by molar-refractivity contribution is 7.98. The molecule has 2 aromatic carbocycles. The first-order valence-electron chi connectivity index (χ1n) is 6.92. The molecule has 2 aromatic rings. The van der Waals surface area contributed by atoms with Gasteiger partial charge < -0.3 is 10.1 Å². The third kappa shape index (κ3) is 4.42. The summed E-state index contributed by atoms with van der Waals surface area (Å²) in [6, 6.07) is 13.1. The highest BCUT2D eigenvalue weighted by Gasteiger charge is 2.09. The van der Waals surface area contributed by atoms with Gasteiger partial charge in [-0.05, 0) is 43.0 Å². The van der Waals surface area contributed by atoms with Crippen LogP contribution >= 0.6 is 23.4 Å². The minimum absolute atomic E-state index is 0.0875. The summed E-state index contributed by atoms with van der Waals surface area (Å²) < 4.78 is 5.58. The summed E-state index contributed by atoms with van der Waals surface area (Å²) >= 11 is 7.59. The van der Waals surface area contributed by atoms with Crippen molar-refractivity contribution < 1.29 is 9.53 Å². The number of ether oxygens (including phenoxy) is 1. The Balaban J connectivity index is 1.83. The highest BCUT2D eigenvalue weighted by Crippen LogP contribution is 2.21. The molecule has 116 valence electrons. The molecule has 0 aliphatic rings. The van der Waals surface area contributed by atoms with Gasteiger partial charge in [-0.25, -0.2) is 0 Å². The molecule has 3 nitrogen and oxygen atoms in total. The molecule has 0 aromatic heterocycles. The number of rotatable bonds is 6. The normalized spacial score (nSPS) is 10.3. The van der Waals surface area contributed by atoms with Crippen molar-refractivity contribution in [2.45, 2.75) is 11.8 Å². The standard InChI is InChI=1S/C17H18ClNO2S/c1-12-7-8-13(11-15(12)18)21-10-9-19-17(20)14-5-3-4-6-16(14)22-2/h3-8,11H,9-10H2,1-2H3,(H,19,20). The molecule has 22 heavy (non-hydrogen) atoms. The van der Waals surface area contributed by atoms with E-state index in [0.29, 0.717) is 29.5 Å². The van der Waals surface area contributed by atoms with Crippen molar-refractivity contribution in [3.8, 4) is 5.75 Å². The lowest BCUT2D eigenvalue weighted by Crippen LogP contribution is -2.28. The summed E-state index contributed by atoms with van der Waals surface area (Å²) in [5, 5.41) is 3.54. The summed E-state index contributed by atoms with van der Waals surface area (Å²) in [6.07, 6.45) is 1.95. The quantitative estimate of drug-likeness (QED) is 0.635. The highest BCUT2D eigenvalue weighted by atomic mass is 35.5. The van der Waals surface area contributed by atoms with Crippen molar-refractivity contribution >= 4 is 29.3 Å². The first-order valence-corrected chi connectivity index (χ1v) is 8.52. The molecule has 0 fully saturated rings. The number of hydrogen-bond acceptors (Lipinski definition) is 3. The van der Waals surface area contributed by atoms with E-state index in [4.69, 9.17) is 16.3 Å². The van der Waals surface area contributed by atoms with Gasteiger partial charge in [0.2, 0.25) is 0 Å². The van der Waals surface area contributed by atoms with Gasteiger partial charge in [0, 0.05) is 9.92 Å². The van der Waals surface area contributed by atoms with Gasteiger partial charge in [-0.2, -0.15) is 0 Å². The van der Waals surface area contributed by atoms with Gasteiger partial charge in [0.1, 0.15) is 12.4 Å². The van der Waals surface area contributed by atoms with Crippen molar-refractivity contribution in [1.82, 2.24) is 5.32 Å². The van der Waals surface area contributed by atoms with E-state index in [9.17, 15) is 4.79 Å². The predicted molar refractivity (Wildman–Crippen MR) is 92.2 cm³/mol. The van der Waals surface area contributed by atoms with Gasteiger partial charge in [-0.1, -0.05) is 29.8 Å². The number of halogens is 1. The van der Waals surface area contributed by atoms with Crippen LogP contribution < -0.4 is 10.1 Å². The molecule has 0 saturated heterocycles. The average molecular weight is 336 g/mol. The van der Waals surface area contributed by atoms with Gasteiger partial charge in [-0.15, -0.1) is 11.8 Å². The number of hydrogen-bond donors (Lipinski definition) is 1. The molecular formula is C17H18ClNO2S. The Morgan fingerprint density at radius 1 is 1.27 bits per heavy atom. The van der Waals surface area contributed by atoms with E-state index in [1.54, 1.807) is 17.8 Å². The Bertz CT molecular complexity index is 661. The second-order valence-corrected chi connectivity index (χ2v) is 5.97. The molecule has 1 N–H and O–H groups in total. The molecule has 1 amide bonds. The van der Waals surface area contributed by atoms with Gasteiger partial charge in [0.15, 0.2) is 0 Å². The number of aryl methyl sites for hydroxylation is 1. The molecule has 0 heterocycles. The van der Waals surface area contributed by atoms with E-state index in [-0.39, 0.29) is 5.91 Å². The van der Waals surface area contributed by atoms with E-state index < -0.39 is 0 Å². The Morgan fingerprint density at radius 2 is 2.05 bits per heavy atom. The van der Waals surface area contributed by atoms with Crippen LogP contribution in [0.2, 0.25) is 5.02 Å². The molecule has 0 radical (unpaired) electrons. The number of carbonyl (C=O) groups excluding carboxylic acids is 1. The molecule has 0 atom stereocenters. The molecule has 0 aliphatic heterocycles. The Labute approximate surface area is 140 Å². The third-order valence-electron chi connectivity index (χ3n) is 3.15. The van der Waals surface area contributed by atoms with E-state index in [1.807, 2.05) is 49.6 Å². The van der Waals surface area contributed by atoms with Crippen LogP contribution in [-0.2, 0) is 0 Å². The largest absolute Gasteiger partial charge is 0.492 e. The molecule has 0 saturated carbocycles. The Hall–Kier alpha value is -1.65. The molecule has 0 aliphatic carbocycles. The van der Waals surface area contributed by atoms with E-state index in [2.05, 4.69) is 5.32 Å². The zero-order chi connectivity index (χ0) is 15.9. The van der Waals surface area contributed by atoms with E-state index in [1.165, 1.54) is 0 Å². The topological polar surface area (TPSA) is 38.3 Å². The minimum atomic E-state index is -0.0875. The van der Waals surface area contributed by atoms with Crippen LogP contribution in [0.15, 0.2) is 47.4 Å². The fourth-order valence-electron chi connectivity index (χ4n) is 1.92. The van der Waals surface area contributed by atoms with Gasteiger partial charge >= 0.3 is 0 Å². The summed E-state index contributed by atoms with van der Waals surface area (Å²) in [4.78, 5) is 13.1. The third-order valence-corrected chi connectivity index (χ3v) is 4.35. The lowest BCUT2D eigenvalue weighted by atomic mass is 10.2. The van der Waals surface area contributed by atoms with Crippen LogP contribution in [0.1, 0.15) is 15.9 Å². The fourth-order valence-corrected chi connectivity index (χ4v) is 2.69. The van der Waals surface area contributed by atoms with Gasteiger partial charge in [0.05, 0.1) is 12.1 Å². The molecular weight excluding hydrogens is 318 g/mol. The number of carbonyl (C=O) groups is 1. The van der Waals surface area contributed by atoms with Crippen molar-refractivity contribution in [2.24, 2.45) is 0 Å². The van der Waals surface area contributed by atoms with Crippen LogP contribution in [-0.4, -0.2) is 25.3 Å². The maximum Gasteiger partial charge on any atom is 0.252 e. The van der Waals surface area contributed by atoms with Gasteiger partial charge in [-0.3, -0.25) is 4.79 Å². The fraction of sp³-hybridized carbons (Fsp3) is 0.235. The maximum atomic E-state index is 12.1. The van der Waals surface area contributed by atoms with Crippen molar-refractivity contribution in [1.29, 1.82) is 0 Å². The van der Waals surface area contributed by atoms with E-state index >= 15 is 0 Å². The van der Waals surface area contributed by atoms with Crippen LogP contribution in [0.5, 0.6) is 5.75 Å². The summed E-state index contributed by atoms with van der Waals surface area (Å²) in [5.41, 5.74) is 1.70. The average Bonchev–Trinajstić information content (AvgIpc) is 2.54. The maximum absolute atomic E-state index is 12.1. The molecule has 2 rings (SSSR count).